The van der Waals surface area contributed by atoms with Gasteiger partial charge in [-0.25, -0.2) is 0 Å². The number of benzene rings is 1. The van der Waals surface area contributed by atoms with Gasteiger partial charge in [-0.15, -0.1) is 0 Å². The zero-order valence-corrected chi connectivity index (χ0v) is 9.41. The van der Waals surface area contributed by atoms with Crippen molar-refractivity contribution in [1.82, 2.24) is 5.32 Å². The van der Waals surface area contributed by atoms with Gasteiger partial charge in [-0.05, 0) is 31.7 Å². The fourth-order valence-corrected chi connectivity index (χ4v) is 1.85. The van der Waals surface area contributed by atoms with Crippen molar-refractivity contribution in [1.29, 1.82) is 0 Å². The van der Waals surface area contributed by atoms with E-state index in [4.69, 9.17) is 11.6 Å². The van der Waals surface area contributed by atoms with E-state index >= 15 is 0 Å². The van der Waals surface area contributed by atoms with Gasteiger partial charge in [0, 0.05) is 15.5 Å². The topological polar surface area (TPSA) is 12.0 Å². The summed E-state index contributed by atoms with van der Waals surface area (Å²) in [6.07, 6.45) is 0. The first-order chi connectivity index (χ1) is 5.65. The van der Waals surface area contributed by atoms with Crippen molar-refractivity contribution < 1.29 is 0 Å². The second-order valence-corrected chi connectivity index (χ2v) is 4.00. The van der Waals surface area contributed by atoms with E-state index in [2.05, 4.69) is 28.2 Å². The van der Waals surface area contributed by atoms with Gasteiger partial charge in [-0.1, -0.05) is 33.6 Å². The van der Waals surface area contributed by atoms with Crippen LogP contribution in [0, 0.1) is 0 Å². The Bertz CT molecular complexity index is 275. The third kappa shape index (κ3) is 2.22. The van der Waals surface area contributed by atoms with Crippen LogP contribution in [0.2, 0.25) is 5.02 Å². The molecule has 0 spiro atoms. The van der Waals surface area contributed by atoms with Crippen LogP contribution < -0.4 is 5.32 Å². The van der Waals surface area contributed by atoms with Gasteiger partial charge in [0.25, 0.3) is 0 Å². The van der Waals surface area contributed by atoms with Crippen LogP contribution in [0.5, 0.6) is 0 Å². The zero-order chi connectivity index (χ0) is 9.14. The summed E-state index contributed by atoms with van der Waals surface area (Å²) in [4.78, 5) is 0. The van der Waals surface area contributed by atoms with Crippen molar-refractivity contribution in [3.8, 4) is 0 Å². The summed E-state index contributed by atoms with van der Waals surface area (Å²) in [6.45, 7) is 2.08. The molecule has 0 bridgehead atoms. The summed E-state index contributed by atoms with van der Waals surface area (Å²) < 4.78 is 1.01. The molecule has 0 heterocycles. The molecule has 66 valence electrons. The van der Waals surface area contributed by atoms with Gasteiger partial charge in [0.15, 0.2) is 0 Å². The first-order valence-electron chi connectivity index (χ1n) is 3.77. The largest absolute Gasteiger partial charge is 0.313 e. The van der Waals surface area contributed by atoms with E-state index in [9.17, 15) is 0 Å². The van der Waals surface area contributed by atoms with Crippen molar-refractivity contribution >= 4 is 27.5 Å². The molecule has 0 saturated heterocycles. The Morgan fingerprint density at radius 2 is 2.17 bits per heavy atom. The lowest BCUT2D eigenvalue weighted by Gasteiger charge is -2.12. The average Bonchev–Trinajstić information content (AvgIpc) is 2.03. The standard InChI is InChI=1S/C9H11BrClN/c1-6(12-2)8-4-3-7(10)5-9(8)11/h3-6,12H,1-2H3. The Balaban J connectivity index is 3.01. The van der Waals surface area contributed by atoms with E-state index in [1.54, 1.807) is 0 Å². The molecule has 0 aliphatic rings. The van der Waals surface area contributed by atoms with Crippen molar-refractivity contribution in [2.75, 3.05) is 7.05 Å². The Hall–Kier alpha value is -0.0500. The molecule has 0 radical (unpaired) electrons. The normalized spacial score (nSPS) is 13.0. The molecule has 0 aromatic heterocycles. The first-order valence-corrected chi connectivity index (χ1v) is 4.94. The molecule has 1 atom stereocenters. The van der Waals surface area contributed by atoms with Gasteiger partial charge in [0.1, 0.15) is 0 Å². The highest BCUT2D eigenvalue weighted by Crippen LogP contribution is 2.25. The monoisotopic (exact) mass is 247 g/mol. The molecule has 1 rings (SSSR count). The molecule has 0 saturated carbocycles. The Morgan fingerprint density at radius 3 is 2.67 bits per heavy atom. The van der Waals surface area contributed by atoms with Crippen LogP contribution >= 0.6 is 27.5 Å². The summed E-state index contributed by atoms with van der Waals surface area (Å²) >= 11 is 9.40. The van der Waals surface area contributed by atoms with Crippen LogP contribution in [0.4, 0.5) is 0 Å². The predicted octanol–water partition coefficient (Wildman–Crippen LogP) is 3.38. The van der Waals surface area contributed by atoms with E-state index in [1.807, 2.05) is 25.2 Å². The maximum atomic E-state index is 6.03. The molecule has 0 amide bonds. The molecule has 3 heteroatoms. The molecule has 1 nitrogen and oxygen atoms in total. The Morgan fingerprint density at radius 1 is 1.50 bits per heavy atom. The summed E-state index contributed by atoms with van der Waals surface area (Å²) in [5.74, 6) is 0. The summed E-state index contributed by atoms with van der Waals surface area (Å²) in [5.41, 5.74) is 1.13. The van der Waals surface area contributed by atoms with Crippen molar-refractivity contribution in [2.24, 2.45) is 0 Å². The Labute approximate surface area is 86.2 Å². The van der Waals surface area contributed by atoms with Gasteiger partial charge in [0.05, 0.1) is 0 Å². The molecule has 1 unspecified atom stereocenters. The maximum Gasteiger partial charge on any atom is 0.0464 e. The van der Waals surface area contributed by atoms with Crippen molar-refractivity contribution in [3.63, 3.8) is 0 Å². The third-order valence-corrected chi connectivity index (χ3v) is 2.68. The first kappa shape index (κ1) is 10.0. The van der Waals surface area contributed by atoms with E-state index < -0.39 is 0 Å². The molecule has 12 heavy (non-hydrogen) atoms. The summed E-state index contributed by atoms with van der Waals surface area (Å²) in [5, 5.41) is 3.94. The minimum atomic E-state index is 0.297. The Kier molecular flexibility index (Phi) is 3.56. The zero-order valence-electron chi connectivity index (χ0n) is 7.07. The maximum absolute atomic E-state index is 6.03. The van der Waals surface area contributed by atoms with Crippen LogP contribution in [0.25, 0.3) is 0 Å². The lowest BCUT2D eigenvalue weighted by atomic mass is 10.1. The second kappa shape index (κ2) is 4.26. The van der Waals surface area contributed by atoms with Gasteiger partial charge >= 0.3 is 0 Å². The molecule has 0 fully saturated rings. The third-order valence-electron chi connectivity index (χ3n) is 1.86. The smallest absolute Gasteiger partial charge is 0.0464 e. The summed E-state index contributed by atoms with van der Waals surface area (Å²) in [7, 11) is 1.92. The van der Waals surface area contributed by atoms with Crippen LogP contribution in [-0.4, -0.2) is 7.05 Å². The second-order valence-electron chi connectivity index (χ2n) is 2.68. The molecule has 1 aromatic carbocycles. The van der Waals surface area contributed by atoms with Gasteiger partial charge < -0.3 is 5.32 Å². The lowest BCUT2D eigenvalue weighted by Crippen LogP contribution is -2.12. The highest BCUT2D eigenvalue weighted by molar-refractivity contribution is 9.10. The van der Waals surface area contributed by atoms with Gasteiger partial charge in [-0.2, -0.15) is 0 Å². The summed E-state index contributed by atoms with van der Waals surface area (Å²) in [6, 6.07) is 6.22. The minimum absolute atomic E-state index is 0.297. The quantitative estimate of drug-likeness (QED) is 0.846. The highest BCUT2D eigenvalue weighted by Gasteiger charge is 2.06. The van der Waals surface area contributed by atoms with Gasteiger partial charge in [-0.3, -0.25) is 0 Å². The molecule has 0 aliphatic carbocycles. The van der Waals surface area contributed by atoms with Crippen LogP contribution in [0.1, 0.15) is 18.5 Å². The number of nitrogens with one attached hydrogen (secondary N) is 1. The number of rotatable bonds is 2. The SMILES string of the molecule is CNC(C)c1ccc(Br)cc1Cl. The minimum Gasteiger partial charge on any atom is -0.313 e. The van der Waals surface area contributed by atoms with Crippen LogP contribution in [-0.2, 0) is 0 Å². The van der Waals surface area contributed by atoms with E-state index in [0.717, 1.165) is 15.1 Å². The molecule has 1 aromatic rings. The van der Waals surface area contributed by atoms with Crippen molar-refractivity contribution in [3.05, 3.63) is 33.3 Å². The number of hydrogen-bond donors (Lipinski definition) is 1. The van der Waals surface area contributed by atoms with Crippen LogP contribution in [0.3, 0.4) is 0 Å². The fourth-order valence-electron chi connectivity index (χ4n) is 1.01. The van der Waals surface area contributed by atoms with E-state index in [1.165, 1.54) is 0 Å². The molecule has 1 N–H and O–H groups in total. The molecule has 0 aliphatic heterocycles. The van der Waals surface area contributed by atoms with Crippen LogP contribution in [0.15, 0.2) is 22.7 Å². The highest BCUT2D eigenvalue weighted by atomic mass is 79.9. The lowest BCUT2D eigenvalue weighted by molar-refractivity contribution is 0.652. The van der Waals surface area contributed by atoms with Gasteiger partial charge in [0.2, 0.25) is 0 Å². The molecular formula is C9H11BrClN. The van der Waals surface area contributed by atoms with E-state index in [0.29, 0.717) is 6.04 Å². The van der Waals surface area contributed by atoms with E-state index in [-0.39, 0.29) is 0 Å². The number of hydrogen-bond acceptors (Lipinski definition) is 1. The average molecular weight is 249 g/mol. The predicted molar refractivity (Wildman–Crippen MR) is 56.6 cm³/mol. The molecular weight excluding hydrogens is 237 g/mol. The van der Waals surface area contributed by atoms with Crippen molar-refractivity contribution in [2.45, 2.75) is 13.0 Å². The number of halogens is 2. The fraction of sp³-hybridized carbons (Fsp3) is 0.333.